The summed E-state index contributed by atoms with van der Waals surface area (Å²) in [6.45, 7) is 0. The minimum Gasteiger partial charge on any atom is -0.343 e. The van der Waals surface area contributed by atoms with E-state index < -0.39 is 0 Å². The van der Waals surface area contributed by atoms with Gasteiger partial charge in [-0.05, 0) is 48.7 Å². The summed E-state index contributed by atoms with van der Waals surface area (Å²) >= 11 is 0. The molecule has 23 heavy (non-hydrogen) atoms. The van der Waals surface area contributed by atoms with Gasteiger partial charge in [-0.1, -0.05) is 31.0 Å². The third-order valence-corrected chi connectivity index (χ3v) is 4.31. The van der Waals surface area contributed by atoms with Gasteiger partial charge >= 0.3 is 0 Å². The lowest BCUT2D eigenvalue weighted by Crippen LogP contribution is -2.43. The van der Waals surface area contributed by atoms with Crippen LogP contribution in [0.4, 0.5) is 4.39 Å². The third-order valence-electron chi connectivity index (χ3n) is 4.31. The van der Waals surface area contributed by atoms with Gasteiger partial charge in [0.1, 0.15) is 5.82 Å². The highest BCUT2D eigenvalue weighted by atomic mass is 19.1. The number of hydrogen-bond donors (Lipinski definition) is 1. The summed E-state index contributed by atoms with van der Waals surface area (Å²) < 4.78 is 13.2. The first kappa shape index (κ1) is 15.4. The Balaban J connectivity index is 1.76. The van der Waals surface area contributed by atoms with Crippen molar-refractivity contribution >= 4 is 12.0 Å². The predicted octanol–water partition coefficient (Wildman–Crippen LogP) is 3.82. The number of rotatable bonds is 4. The molecule has 4 heteroatoms. The molecule has 0 atom stereocenters. The molecule has 1 saturated carbocycles. The molecule has 3 nitrogen and oxygen atoms in total. The summed E-state index contributed by atoms with van der Waals surface area (Å²) in [5.41, 5.74) is 1.32. The molecule has 1 amide bonds. The van der Waals surface area contributed by atoms with Crippen LogP contribution in [0.25, 0.3) is 6.08 Å². The maximum atomic E-state index is 13.2. The molecule has 0 saturated heterocycles. The minimum atomic E-state index is -0.390. The van der Waals surface area contributed by atoms with E-state index >= 15 is 0 Å². The topological polar surface area (TPSA) is 42.0 Å². The van der Waals surface area contributed by atoms with Gasteiger partial charge in [-0.15, -0.1) is 0 Å². The number of carbonyl (C=O) groups is 1. The van der Waals surface area contributed by atoms with Crippen LogP contribution in [0.15, 0.2) is 54.7 Å². The van der Waals surface area contributed by atoms with Gasteiger partial charge in [0.15, 0.2) is 0 Å². The SMILES string of the molecule is O=C(C=Cc1ccccn1)NC1(c2ccc(F)cc2)CCCC1. The first-order valence-corrected chi connectivity index (χ1v) is 7.85. The van der Waals surface area contributed by atoms with E-state index in [1.165, 1.54) is 18.2 Å². The number of pyridine rings is 1. The molecule has 0 bridgehead atoms. The fourth-order valence-corrected chi connectivity index (χ4v) is 3.15. The zero-order valence-electron chi connectivity index (χ0n) is 12.8. The van der Waals surface area contributed by atoms with Gasteiger partial charge in [0.2, 0.25) is 5.91 Å². The molecule has 3 rings (SSSR count). The van der Waals surface area contributed by atoms with E-state index in [-0.39, 0.29) is 17.3 Å². The van der Waals surface area contributed by atoms with E-state index in [0.29, 0.717) is 0 Å². The Kier molecular flexibility index (Phi) is 4.51. The highest BCUT2D eigenvalue weighted by Gasteiger charge is 2.36. The highest BCUT2D eigenvalue weighted by Crippen LogP contribution is 2.38. The Hall–Kier alpha value is -2.49. The van der Waals surface area contributed by atoms with Crippen molar-refractivity contribution in [3.63, 3.8) is 0 Å². The van der Waals surface area contributed by atoms with Crippen LogP contribution in [0.2, 0.25) is 0 Å². The number of nitrogens with zero attached hydrogens (tertiary/aromatic N) is 1. The van der Waals surface area contributed by atoms with Crippen LogP contribution in [0.1, 0.15) is 36.9 Å². The van der Waals surface area contributed by atoms with Crippen LogP contribution in [-0.2, 0) is 10.3 Å². The van der Waals surface area contributed by atoms with Crippen molar-refractivity contribution in [2.24, 2.45) is 0 Å². The van der Waals surface area contributed by atoms with E-state index in [1.807, 2.05) is 18.2 Å². The van der Waals surface area contributed by atoms with Crippen LogP contribution in [0.5, 0.6) is 0 Å². The molecule has 1 heterocycles. The molecular weight excluding hydrogens is 291 g/mol. The Labute approximate surface area is 135 Å². The smallest absolute Gasteiger partial charge is 0.244 e. The summed E-state index contributed by atoms with van der Waals surface area (Å²) in [5.74, 6) is -0.412. The molecule has 1 aromatic heterocycles. The molecule has 1 aliphatic rings. The Morgan fingerprint density at radius 3 is 2.52 bits per heavy atom. The van der Waals surface area contributed by atoms with E-state index in [4.69, 9.17) is 0 Å². The monoisotopic (exact) mass is 310 g/mol. The summed E-state index contributed by atoms with van der Waals surface area (Å²) in [6.07, 6.45) is 8.76. The van der Waals surface area contributed by atoms with E-state index in [9.17, 15) is 9.18 Å². The average Bonchev–Trinajstić information content (AvgIpc) is 3.04. The quantitative estimate of drug-likeness (QED) is 0.872. The number of halogens is 1. The fourth-order valence-electron chi connectivity index (χ4n) is 3.15. The molecule has 1 aliphatic carbocycles. The van der Waals surface area contributed by atoms with Gasteiger partial charge in [-0.3, -0.25) is 9.78 Å². The van der Waals surface area contributed by atoms with Crippen molar-refractivity contribution in [2.75, 3.05) is 0 Å². The van der Waals surface area contributed by atoms with Crippen molar-refractivity contribution in [3.05, 3.63) is 71.8 Å². The Morgan fingerprint density at radius 1 is 1.13 bits per heavy atom. The van der Waals surface area contributed by atoms with Gasteiger partial charge in [0.25, 0.3) is 0 Å². The largest absolute Gasteiger partial charge is 0.343 e. The van der Waals surface area contributed by atoms with Gasteiger partial charge < -0.3 is 5.32 Å². The van der Waals surface area contributed by atoms with Crippen molar-refractivity contribution < 1.29 is 9.18 Å². The molecular formula is C19H19FN2O. The first-order valence-electron chi connectivity index (χ1n) is 7.85. The molecule has 1 N–H and O–H groups in total. The van der Waals surface area contributed by atoms with Crippen molar-refractivity contribution in [3.8, 4) is 0 Å². The number of hydrogen-bond acceptors (Lipinski definition) is 2. The molecule has 1 fully saturated rings. The maximum absolute atomic E-state index is 13.2. The van der Waals surface area contributed by atoms with Crippen LogP contribution in [0.3, 0.4) is 0 Å². The molecule has 1 aromatic carbocycles. The normalized spacial score (nSPS) is 16.6. The number of benzene rings is 1. The van der Waals surface area contributed by atoms with Crippen molar-refractivity contribution in [1.82, 2.24) is 10.3 Å². The summed E-state index contributed by atoms with van der Waals surface area (Å²) in [5, 5.41) is 3.12. The molecule has 0 spiro atoms. The van der Waals surface area contributed by atoms with Crippen LogP contribution >= 0.6 is 0 Å². The lowest BCUT2D eigenvalue weighted by atomic mass is 9.88. The second kappa shape index (κ2) is 6.73. The molecule has 2 aromatic rings. The molecule has 0 aliphatic heterocycles. The van der Waals surface area contributed by atoms with E-state index in [0.717, 1.165) is 36.9 Å². The Morgan fingerprint density at radius 2 is 1.87 bits per heavy atom. The summed E-state index contributed by atoms with van der Waals surface area (Å²) in [4.78, 5) is 16.5. The number of amides is 1. The second-order valence-corrected chi connectivity index (χ2v) is 5.87. The van der Waals surface area contributed by atoms with Gasteiger partial charge in [0.05, 0.1) is 11.2 Å². The molecule has 0 unspecified atom stereocenters. The number of carbonyl (C=O) groups excluding carboxylic acids is 1. The maximum Gasteiger partial charge on any atom is 0.244 e. The van der Waals surface area contributed by atoms with Gasteiger partial charge in [-0.2, -0.15) is 0 Å². The highest BCUT2D eigenvalue weighted by molar-refractivity contribution is 5.92. The standard InChI is InChI=1S/C19H19FN2O/c20-16-8-6-15(7-9-16)19(12-2-3-13-19)22-18(23)11-10-17-5-1-4-14-21-17/h1,4-11,14H,2-3,12-13H2,(H,22,23). The molecule has 0 radical (unpaired) electrons. The van der Waals surface area contributed by atoms with Gasteiger partial charge in [-0.25, -0.2) is 4.39 Å². The molecule has 118 valence electrons. The van der Waals surface area contributed by atoms with Crippen LogP contribution in [-0.4, -0.2) is 10.9 Å². The zero-order chi connectivity index (χ0) is 16.1. The summed E-state index contributed by atoms with van der Waals surface area (Å²) in [6, 6.07) is 12.0. The second-order valence-electron chi connectivity index (χ2n) is 5.87. The van der Waals surface area contributed by atoms with Crippen LogP contribution < -0.4 is 5.32 Å². The third kappa shape index (κ3) is 3.65. The first-order chi connectivity index (χ1) is 11.2. The van der Waals surface area contributed by atoms with Crippen molar-refractivity contribution in [1.29, 1.82) is 0 Å². The lowest BCUT2D eigenvalue weighted by molar-refractivity contribution is -0.118. The van der Waals surface area contributed by atoms with Crippen LogP contribution in [0, 0.1) is 5.82 Å². The average molecular weight is 310 g/mol. The van der Waals surface area contributed by atoms with Crippen molar-refractivity contribution in [2.45, 2.75) is 31.2 Å². The Bertz CT molecular complexity index is 689. The van der Waals surface area contributed by atoms with Gasteiger partial charge in [0, 0.05) is 12.3 Å². The minimum absolute atomic E-state index is 0.151. The predicted molar refractivity (Wildman–Crippen MR) is 88.0 cm³/mol. The summed E-state index contributed by atoms with van der Waals surface area (Å²) in [7, 11) is 0. The van der Waals surface area contributed by atoms with E-state index in [1.54, 1.807) is 24.4 Å². The fraction of sp³-hybridized carbons (Fsp3) is 0.263. The number of nitrogens with one attached hydrogen (secondary N) is 1. The number of aromatic nitrogens is 1. The zero-order valence-corrected chi connectivity index (χ0v) is 12.8. The lowest BCUT2D eigenvalue weighted by Gasteiger charge is -2.30. The van der Waals surface area contributed by atoms with E-state index in [2.05, 4.69) is 10.3 Å².